The van der Waals surface area contributed by atoms with Crippen molar-refractivity contribution < 1.29 is 24.0 Å². The van der Waals surface area contributed by atoms with Gasteiger partial charge in [-0.3, -0.25) is 4.79 Å². The summed E-state index contributed by atoms with van der Waals surface area (Å²) >= 11 is 0. The number of nitrogens with zero attached hydrogens (tertiary/aromatic N) is 2. The van der Waals surface area contributed by atoms with E-state index in [-0.39, 0.29) is 5.91 Å². The van der Waals surface area contributed by atoms with Gasteiger partial charge in [-0.05, 0) is 25.7 Å². The first kappa shape index (κ1) is 15.0. The number of carboxylic acid groups (broad SMARTS) is 1. The van der Waals surface area contributed by atoms with Gasteiger partial charge in [-0.1, -0.05) is 18.0 Å². The molecule has 1 aliphatic carbocycles. The van der Waals surface area contributed by atoms with E-state index in [0.717, 1.165) is 25.7 Å². The van der Waals surface area contributed by atoms with E-state index >= 15 is 0 Å². The predicted octanol–water partition coefficient (Wildman–Crippen LogP) is 0.896. The first-order valence-electron chi connectivity index (χ1n) is 7.51. The molecule has 8 heteroatoms. The van der Waals surface area contributed by atoms with Crippen LogP contribution in [0.15, 0.2) is 4.52 Å². The van der Waals surface area contributed by atoms with Crippen molar-refractivity contribution in [2.45, 2.75) is 63.2 Å². The van der Waals surface area contributed by atoms with Gasteiger partial charge in [0, 0.05) is 6.92 Å². The minimum atomic E-state index is -1.03. The fourth-order valence-corrected chi connectivity index (χ4v) is 3.20. The molecule has 1 aromatic heterocycles. The number of nitrogens with one attached hydrogen (secondary N) is 1. The minimum absolute atomic E-state index is 0.298. The largest absolute Gasteiger partial charge is 0.479 e. The summed E-state index contributed by atoms with van der Waals surface area (Å²) < 4.78 is 10.3. The Hall–Kier alpha value is -1.96. The third kappa shape index (κ3) is 2.70. The SMILES string of the molecule is Cc1nc(C2(NC(=O)[C@@H]3CC[C@H](C(=O)O)O3)CCCC2)no1. The minimum Gasteiger partial charge on any atom is -0.479 e. The molecule has 0 aromatic carbocycles. The number of hydrogen-bond acceptors (Lipinski definition) is 6. The van der Waals surface area contributed by atoms with Gasteiger partial charge >= 0.3 is 5.97 Å². The molecule has 2 fully saturated rings. The number of carbonyl (C=O) groups is 2. The van der Waals surface area contributed by atoms with Crippen LogP contribution in [0.5, 0.6) is 0 Å². The zero-order valence-corrected chi connectivity index (χ0v) is 12.4. The zero-order valence-electron chi connectivity index (χ0n) is 12.4. The molecule has 2 aliphatic rings. The Morgan fingerprint density at radius 3 is 2.50 bits per heavy atom. The van der Waals surface area contributed by atoms with Crippen molar-refractivity contribution in [3.05, 3.63) is 11.7 Å². The number of amides is 1. The van der Waals surface area contributed by atoms with Crippen molar-refractivity contribution in [1.29, 1.82) is 0 Å². The van der Waals surface area contributed by atoms with Crippen LogP contribution >= 0.6 is 0 Å². The van der Waals surface area contributed by atoms with E-state index in [9.17, 15) is 9.59 Å². The second-order valence-electron chi connectivity index (χ2n) is 5.94. The summed E-state index contributed by atoms with van der Waals surface area (Å²) in [5, 5.41) is 15.9. The predicted molar refractivity (Wildman–Crippen MR) is 72.9 cm³/mol. The Morgan fingerprint density at radius 1 is 1.27 bits per heavy atom. The Balaban J connectivity index is 1.72. The van der Waals surface area contributed by atoms with Crippen molar-refractivity contribution in [3.8, 4) is 0 Å². The Kier molecular flexibility index (Phi) is 3.86. The number of hydrogen-bond donors (Lipinski definition) is 2. The van der Waals surface area contributed by atoms with Gasteiger partial charge in [0.05, 0.1) is 0 Å². The number of rotatable bonds is 4. The maximum atomic E-state index is 12.4. The molecule has 0 unspecified atom stereocenters. The number of carbonyl (C=O) groups excluding carboxylic acids is 1. The van der Waals surface area contributed by atoms with Gasteiger partial charge in [-0.25, -0.2) is 4.79 Å². The smallest absolute Gasteiger partial charge is 0.332 e. The number of aliphatic carboxylic acids is 1. The number of ether oxygens (including phenoxy) is 1. The van der Waals surface area contributed by atoms with Crippen molar-refractivity contribution in [3.63, 3.8) is 0 Å². The zero-order chi connectivity index (χ0) is 15.7. The summed E-state index contributed by atoms with van der Waals surface area (Å²) in [5.74, 6) is -0.380. The van der Waals surface area contributed by atoms with E-state index in [1.54, 1.807) is 6.92 Å². The molecule has 0 radical (unpaired) electrons. The highest BCUT2D eigenvalue weighted by atomic mass is 16.5. The van der Waals surface area contributed by atoms with Crippen molar-refractivity contribution in [2.75, 3.05) is 0 Å². The first-order chi connectivity index (χ1) is 10.5. The Morgan fingerprint density at radius 2 is 1.95 bits per heavy atom. The topological polar surface area (TPSA) is 115 Å². The molecule has 1 aromatic rings. The first-order valence-corrected chi connectivity index (χ1v) is 7.51. The molecular weight excluding hydrogens is 290 g/mol. The van der Waals surface area contributed by atoms with Crippen LogP contribution in [-0.2, 0) is 19.9 Å². The maximum absolute atomic E-state index is 12.4. The van der Waals surface area contributed by atoms with Gasteiger partial charge in [-0.15, -0.1) is 0 Å². The van der Waals surface area contributed by atoms with E-state index in [4.69, 9.17) is 14.4 Å². The molecule has 1 saturated heterocycles. The molecule has 0 bridgehead atoms. The summed E-state index contributed by atoms with van der Waals surface area (Å²) in [4.78, 5) is 27.6. The molecule has 1 aliphatic heterocycles. The molecule has 120 valence electrons. The van der Waals surface area contributed by atoms with E-state index in [2.05, 4.69) is 15.5 Å². The lowest BCUT2D eigenvalue weighted by atomic mass is 9.96. The van der Waals surface area contributed by atoms with Crippen LogP contribution in [0.2, 0.25) is 0 Å². The fourth-order valence-electron chi connectivity index (χ4n) is 3.20. The molecule has 1 saturated carbocycles. The van der Waals surface area contributed by atoms with Crippen LogP contribution in [0.25, 0.3) is 0 Å². The fraction of sp³-hybridized carbons (Fsp3) is 0.714. The van der Waals surface area contributed by atoms with Gasteiger partial charge in [0.1, 0.15) is 11.6 Å². The monoisotopic (exact) mass is 309 g/mol. The second kappa shape index (κ2) is 5.68. The van der Waals surface area contributed by atoms with Gasteiger partial charge in [-0.2, -0.15) is 4.98 Å². The third-order valence-corrected chi connectivity index (χ3v) is 4.36. The van der Waals surface area contributed by atoms with E-state index < -0.39 is 23.7 Å². The van der Waals surface area contributed by atoms with Crippen LogP contribution in [0.3, 0.4) is 0 Å². The summed E-state index contributed by atoms with van der Waals surface area (Å²) in [7, 11) is 0. The molecule has 2 heterocycles. The van der Waals surface area contributed by atoms with Crippen LogP contribution in [0, 0.1) is 6.92 Å². The highest BCUT2D eigenvalue weighted by Crippen LogP contribution is 2.37. The third-order valence-electron chi connectivity index (χ3n) is 4.36. The summed E-state index contributed by atoms with van der Waals surface area (Å²) in [6.07, 6.45) is 2.55. The molecule has 1 amide bonds. The Bertz CT molecular complexity index is 579. The van der Waals surface area contributed by atoms with Crippen molar-refractivity contribution >= 4 is 11.9 Å². The number of aromatic nitrogens is 2. The van der Waals surface area contributed by atoms with Crippen LogP contribution in [0.4, 0.5) is 0 Å². The second-order valence-corrected chi connectivity index (χ2v) is 5.94. The molecule has 0 spiro atoms. The highest BCUT2D eigenvalue weighted by Gasteiger charge is 2.44. The van der Waals surface area contributed by atoms with E-state index in [0.29, 0.717) is 24.6 Å². The lowest BCUT2D eigenvalue weighted by Crippen LogP contribution is -2.48. The van der Waals surface area contributed by atoms with Crippen molar-refractivity contribution in [1.82, 2.24) is 15.5 Å². The quantitative estimate of drug-likeness (QED) is 0.849. The highest BCUT2D eigenvalue weighted by molar-refractivity contribution is 5.83. The molecule has 8 nitrogen and oxygen atoms in total. The molecule has 22 heavy (non-hydrogen) atoms. The van der Waals surface area contributed by atoms with Gasteiger partial charge in [0.25, 0.3) is 0 Å². The number of carboxylic acids is 1. The van der Waals surface area contributed by atoms with E-state index in [1.807, 2.05) is 0 Å². The van der Waals surface area contributed by atoms with Crippen LogP contribution < -0.4 is 5.32 Å². The lowest BCUT2D eigenvalue weighted by Gasteiger charge is -2.28. The molecule has 2 N–H and O–H groups in total. The standard InChI is InChI=1S/C14H19N3O5/c1-8-15-13(17-22-8)14(6-2-3-7-14)16-11(18)9-4-5-10(21-9)12(19)20/h9-10H,2-7H2,1H3,(H,16,18)(H,19,20)/t9-,10+/m0/s1. The summed E-state index contributed by atoms with van der Waals surface area (Å²) in [6.45, 7) is 1.71. The average molecular weight is 309 g/mol. The number of aryl methyl sites for hydroxylation is 1. The molecule has 2 atom stereocenters. The lowest BCUT2D eigenvalue weighted by molar-refractivity contribution is -0.152. The van der Waals surface area contributed by atoms with Gasteiger partial charge in [0.15, 0.2) is 11.9 Å². The van der Waals surface area contributed by atoms with Crippen LogP contribution in [-0.4, -0.2) is 39.3 Å². The summed E-state index contributed by atoms with van der Waals surface area (Å²) in [6, 6.07) is 0. The van der Waals surface area contributed by atoms with E-state index in [1.165, 1.54) is 0 Å². The van der Waals surface area contributed by atoms with Gasteiger partial charge < -0.3 is 19.7 Å². The normalized spacial score (nSPS) is 27.0. The summed E-state index contributed by atoms with van der Waals surface area (Å²) in [5.41, 5.74) is -0.625. The van der Waals surface area contributed by atoms with Crippen molar-refractivity contribution in [2.24, 2.45) is 0 Å². The average Bonchev–Trinajstić information content (AvgIpc) is 3.17. The molecule has 3 rings (SSSR count). The molecular formula is C14H19N3O5. The Labute approximate surface area is 127 Å². The van der Waals surface area contributed by atoms with Crippen LogP contribution in [0.1, 0.15) is 50.2 Å². The maximum Gasteiger partial charge on any atom is 0.332 e. The van der Waals surface area contributed by atoms with Gasteiger partial charge in [0.2, 0.25) is 11.8 Å².